The van der Waals surface area contributed by atoms with Crippen molar-refractivity contribution in [1.29, 1.82) is 0 Å². The second-order valence-electron chi connectivity index (χ2n) is 5.26. The summed E-state index contributed by atoms with van der Waals surface area (Å²) >= 11 is 0. The van der Waals surface area contributed by atoms with Crippen molar-refractivity contribution >= 4 is 5.91 Å². The highest BCUT2D eigenvalue weighted by molar-refractivity contribution is 5.83. The van der Waals surface area contributed by atoms with Crippen LogP contribution in [-0.2, 0) is 11.8 Å². The Labute approximate surface area is 125 Å². The normalized spacial score (nSPS) is 13.7. The van der Waals surface area contributed by atoms with Crippen LogP contribution in [0.3, 0.4) is 0 Å². The number of aromatic nitrogens is 2. The molecule has 0 saturated heterocycles. The molecule has 1 heterocycles. The molecule has 0 bridgehead atoms. The van der Waals surface area contributed by atoms with Gasteiger partial charge in [0.25, 0.3) is 0 Å². The van der Waals surface area contributed by atoms with E-state index in [1.807, 2.05) is 38.4 Å². The van der Waals surface area contributed by atoms with Gasteiger partial charge in [-0.05, 0) is 32.0 Å². The summed E-state index contributed by atoms with van der Waals surface area (Å²) in [6.07, 6.45) is 3.55. The first kappa shape index (κ1) is 15.3. The number of nitrogens with zero attached hydrogens (tertiary/aromatic N) is 2. The number of likely N-dealkylation sites (N-methyl/N-ethyl adjacent to an activating group) is 1. The lowest BCUT2D eigenvalue weighted by molar-refractivity contribution is -0.123. The van der Waals surface area contributed by atoms with Crippen LogP contribution in [0.5, 0.6) is 0 Å². The number of rotatable bonds is 5. The van der Waals surface area contributed by atoms with Crippen molar-refractivity contribution in [3.05, 3.63) is 53.3 Å². The molecule has 112 valence electrons. The molecule has 0 fully saturated rings. The van der Waals surface area contributed by atoms with Crippen LogP contribution in [-0.4, -0.2) is 22.7 Å². The van der Waals surface area contributed by atoms with Crippen LogP contribution in [0.2, 0.25) is 0 Å². The third kappa shape index (κ3) is 3.49. The number of aryl methyl sites for hydroxylation is 2. The minimum Gasteiger partial charge on any atom is -0.348 e. The molecule has 2 atom stereocenters. The van der Waals surface area contributed by atoms with Crippen LogP contribution < -0.4 is 10.6 Å². The standard InChI is InChI=1S/C16H22N4O/c1-11-7-5-6-8-14(11)12(2)19-16(21)15(17-3)13-9-18-20(4)10-13/h5-10,12,15,17H,1-4H3,(H,19,21). The zero-order valence-electron chi connectivity index (χ0n) is 12.9. The molecule has 1 amide bonds. The van der Waals surface area contributed by atoms with Crippen molar-refractivity contribution in [2.75, 3.05) is 7.05 Å². The molecule has 2 rings (SSSR count). The molecule has 1 aromatic heterocycles. The lowest BCUT2D eigenvalue weighted by Gasteiger charge is -2.20. The quantitative estimate of drug-likeness (QED) is 0.882. The average molecular weight is 286 g/mol. The van der Waals surface area contributed by atoms with E-state index in [9.17, 15) is 4.79 Å². The van der Waals surface area contributed by atoms with E-state index in [-0.39, 0.29) is 11.9 Å². The maximum atomic E-state index is 12.5. The first-order valence-electron chi connectivity index (χ1n) is 7.04. The summed E-state index contributed by atoms with van der Waals surface area (Å²) in [4.78, 5) is 12.5. The van der Waals surface area contributed by atoms with Crippen LogP contribution in [0.4, 0.5) is 0 Å². The Hall–Kier alpha value is -2.14. The Balaban J connectivity index is 2.11. The Morgan fingerprint density at radius 2 is 2.05 bits per heavy atom. The van der Waals surface area contributed by atoms with Crippen molar-refractivity contribution in [3.8, 4) is 0 Å². The van der Waals surface area contributed by atoms with E-state index in [0.29, 0.717) is 0 Å². The van der Waals surface area contributed by atoms with Gasteiger partial charge < -0.3 is 10.6 Å². The van der Waals surface area contributed by atoms with Crippen LogP contribution in [0.1, 0.15) is 35.7 Å². The molecule has 2 unspecified atom stereocenters. The number of nitrogens with one attached hydrogen (secondary N) is 2. The van der Waals surface area contributed by atoms with Gasteiger partial charge in [-0.25, -0.2) is 0 Å². The van der Waals surface area contributed by atoms with Crippen molar-refractivity contribution in [3.63, 3.8) is 0 Å². The zero-order chi connectivity index (χ0) is 15.4. The Bertz CT molecular complexity index is 620. The van der Waals surface area contributed by atoms with E-state index in [0.717, 1.165) is 11.1 Å². The monoisotopic (exact) mass is 286 g/mol. The molecule has 5 heteroatoms. The number of carbonyl (C=O) groups is 1. The number of benzene rings is 1. The van der Waals surface area contributed by atoms with Gasteiger partial charge in [-0.3, -0.25) is 9.48 Å². The molecule has 0 aliphatic heterocycles. The van der Waals surface area contributed by atoms with Gasteiger partial charge in [-0.1, -0.05) is 24.3 Å². The van der Waals surface area contributed by atoms with Gasteiger partial charge in [-0.2, -0.15) is 5.10 Å². The van der Waals surface area contributed by atoms with Crippen LogP contribution in [0.15, 0.2) is 36.7 Å². The summed E-state index contributed by atoms with van der Waals surface area (Å²) in [7, 11) is 3.61. The van der Waals surface area contributed by atoms with E-state index >= 15 is 0 Å². The van der Waals surface area contributed by atoms with Crippen LogP contribution in [0, 0.1) is 6.92 Å². The Kier molecular flexibility index (Phi) is 4.75. The lowest BCUT2D eigenvalue weighted by atomic mass is 10.0. The van der Waals surface area contributed by atoms with E-state index in [2.05, 4.69) is 28.7 Å². The zero-order valence-corrected chi connectivity index (χ0v) is 12.9. The summed E-state index contributed by atoms with van der Waals surface area (Å²) in [5, 5.41) is 10.2. The molecular weight excluding hydrogens is 264 g/mol. The summed E-state index contributed by atoms with van der Waals surface area (Å²) in [5.74, 6) is -0.0544. The van der Waals surface area contributed by atoms with Gasteiger partial charge in [0.15, 0.2) is 0 Å². The molecule has 1 aromatic carbocycles. The van der Waals surface area contributed by atoms with Crippen molar-refractivity contribution in [2.45, 2.75) is 25.9 Å². The minimum atomic E-state index is -0.398. The van der Waals surface area contributed by atoms with Gasteiger partial charge in [-0.15, -0.1) is 0 Å². The Morgan fingerprint density at radius 1 is 1.33 bits per heavy atom. The maximum Gasteiger partial charge on any atom is 0.242 e. The van der Waals surface area contributed by atoms with Gasteiger partial charge >= 0.3 is 0 Å². The highest BCUT2D eigenvalue weighted by Crippen LogP contribution is 2.19. The van der Waals surface area contributed by atoms with E-state index in [1.165, 1.54) is 5.56 Å². The molecule has 0 saturated carbocycles. The second-order valence-corrected chi connectivity index (χ2v) is 5.26. The van der Waals surface area contributed by atoms with Gasteiger partial charge in [0.1, 0.15) is 6.04 Å². The molecule has 0 aliphatic rings. The molecular formula is C16H22N4O. The minimum absolute atomic E-state index is 0.0359. The predicted octanol–water partition coefficient (Wildman–Crippen LogP) is 1.87. The highest BCUT2D eigenvalue weighted by Gasteiger charge is 2.22. The lowest BCUT2D eigenvalue weighted by Crippen LogP contribution is -2.37. The number of carbonyl (C=O) groups excluding carboxylic acids is 1. The maximum absolute atomic E-state index is 12.5. The molecule has 2 aromatic rings. The summed E-state index contributed by atoms with van der Waals surface area (Å²) in [6.45, 7) is 4.05. The van der Waals surface area contributed by atoms with Gasteiger partial charge in [0.2, 0.25) is 5.91 Å². The summed E-state index contributed by atoms with van der Waals surface area (Å²) in [5.41, 5.74) is 3.16. The average Bonchev–Trinajstić information content (AvgIpc) is 2.86. The summed E-state index contributed by atoms with van der Waals surface area (Å²) < 4.78 is 1.69. The fourth-order valence-corrected chi connectivity index (χ4v) is 2.49. The fraction of sp³-hybridized carbons (Fsp3) is 0.375. The molecule has 2 N–H and O–H groups in total. The van der Waals surface area contributed by atoms with E-state index in [4.69, 9.17) is 0 Å². The highest BCUT2D eigenvalue weighted by atomic mass is 16.2. The molecule has 5 nitrogen and oxygen atoms in total. The Morgan fingerprint density at radius 3 is 2.62 bits per heavy atom. The molecule has 0 aliphatic carbocycles. The fourth-order valence-electron chi connectivity index (χ4n) is 2.49. The molecule has 0 spiro atoms. The topological polar surface area (TPSA) is 59.0 Å². The predicted molar refractivity (Wildman–Crippen MR) is 82.7 cm³/mol. The third-order valence-corrected chi connectivity index (χ3v) is 3.62. The van der Waals surface area contributed by atoms with Gasteiger partial charge in [0.05, 0.1) is 12.2 Å². The number of hydrogen-bond donors (Lipinski definition) is 2. The number of hydrogen-bond acceptors (Lipinski definition) is 3. The second kappa shape index (κ2) is 6.54. The van der Waals surface area contributed by atoms with Crippen molar-refractivity contribution < 1.29 is 4.79 Å². The van der Waals surface area contributed by atoms with Crippen LogP contribution >= 0.6 is 0 Å². The van der Waals surface area contributed by atoms with Crippen molar-refractivity contribution in [1.82, 2.24) is 20.4 Å². The third-order valence-electron chi connectivity index (χ3n) is 3.62. The molecule has 0 radical (unpaired) electrons. The smallest absolute Gasteiger partial charge is 0.242 e. The number of amides is 1. The molecule has 21 heavy (non-hydrogen) atoms. The SMILES string of the molecule is CNC(C(=O)NC(C)c1ccccc1C)c1cnn(C)c1. The van der Waals surface area contributed by atoms with Gasteiger partial charge in [0, 0.05) is 18.8 Å². The summed E-state index contributed by atoms with van der Waals surface area (Å²) in [6, 6.07) is 7.64. The first-order chi connectivity index (χ1) is 10.0. The van der Waals surface area contributed by atoms with E-state index in [1.54, 1.807) is 17.9 Å². The van der Waals surface area contributed by atoms with E-state index < -0.39 is 6.04 Å². The van der Waals surface area contributed by atoms with Crippen LogP contribution in [0.25, 0.3) is 0 Å². The van der Waals surface area contributed by atoms with Crippen molar-refractivity contribution in [2.24, 2.45) is 7.05 Å². The largest absolute Gasteiger partial charge is 0.348 e. The first-order valence-corrected chi connectivity index (χ1v) is 7.04.